The van der Waals surface area contributed by atoms with Gasteiger partial charge in [-0.15, -0.1) is 0 Å². The Morgan fingerprint density at radius 3 is 2.60 bits per heavy atom. The molecule has 0 aromatic carbocycles. The van der Waals surface area contributed by atoms with E-state index in [2.05, 4.69) is 24.2 Å². The molecule has 0 radical (unpaired) electrons. The molecule has 3 N–H and O–H groups in total. The number of likely N-dealkylation sites (tertiary alicyclic amines) is 1. The first-order chi connectivity index (χ1) is 7.22. The third kappa shape index (κ3) is 5.47. The van der Waals surface area contributed by atoms with Crippen LogP contribution in [0.4, 0.5) is 0 Å². The van der Waals surface area contributed by atoms with E-state index < -0.39 is 0 Å². The third-order valence-corrected chi connectivity index (χ3v) is 2.76. The van der Waals surface area contributed by atoms with Gasteiger partial charge >= 0.3 is 0 Å². The summed E-state index contributed by atoms with van der Waals surface area (Å²) in [6, 6.07) is 0. The summed E-state index contributed by atoms with van der Waals surface area (Å²) in [6.45, 7) is 9.59. The van der Waals surface area contributed by atoms with E-state index >= 15 is 0 Å². The van der Waals surface area contributed by atoms with Crippen LogP contribution in [0.1, 0.15) is 26.7 Å². The van der Waals surface area contributed by atoms with E-state index in [4.69, 9.17) is 10.6 Å². The molecule has 15 heavy (non-hydrogen) atoms. The minimum absolute atomic E-state index is 0.446. The summed E-state index contributed by atoms with van der Waals surface area (Å²) < 4.78 is 5.71. The number of nitrogens with two attached hydrogens (primary N) is 1. The lowest BCUT2D eigenvalue weighted by atomic mass is 10.1. The van der Waals surface area contributed by atoms with Gasteiger partial charge in [-0.05, 0) is 18.8 Å². The van der Waals surface area contributed by atoms with Crippen LogP contribution in [0.2, 0.25) is 0 Å². The second kappa shape index (κ2) is 7.17. The first-order valence-electron chi connectivity index (χ1n) is 5.99. The molecule has 1 fully saturated rings. The molecule has 90 valence electrons. The smallest absolute Gasteiger partial charge is 0.0608 e. The Balaban J connectivity index is 2.07. The summed E-state index contributed by atoms with van der Waals surface area (Å²) in [4.78, 5) is 2.53. The molecule has 0 amide bonds. The van der Waals surface area contributed by atoms with Crippen molar-refractivity contribution in [1.82, 2.24) is 10.3 Å². The van der Waals surface area contributed by atoms with Gasteiger partial charge in [-0.25, -0.2) is 0 Å². The molecule has 0 bridgehead atoms. The lowest BCUT2D eigenvalue weighted by molar-refractivity contribution is 0.00714. The van der Waals surface area contributed by atoms with Crippen molar-refractivity contribution in [1.29, 1.82) is 0 Å². The van der Waals surface area contributed by atoms with E-state index in [0.29, 0.717) is 6.10 Å². The van der Waals surface area contributed by atoms with Gasteiger partial charge < -0.3 is 9.64 Å². The average Bonchev–Trinajstić information content (AvgIpc) is 2.20. The molecule has 1 saturated heterocycles. The van der Waals surface area contributed by atoms with Crippen molar-refractivity contribution in [2.75, 3.05) is 32.8 Å². The fourth-order valence-corrected chi connectivity index (χ4v) is 2.06. The van der Waals surface area contributed by atoms with Gasteiger partial charge in [0.05, 0.1) is 12.7 Å². The van der Waals surface area contributed by atoms with E-state index in [9.17, 15) is 0 Å². The highest BCUT2D eigenvalue weighted by Gasteiger charge is 2.19. The number of hydrogen-bond acceptors (Lipinski definition) is 4. The summed E-state index contributed by atoms with van der Waals surface area (Å²) in [5, 5.41) is 0. The van der Waals surface area contributed by atoms with Crippen molar-refractivity contribution < 1.29 is 4.74 Å². The van der Waals surface area contributed by atoms with Crippen molar-refractivity contribution in [3.05, 3.63) is 0 Å². The number of rotatable bonds is 6. The maximum Gasteiger partial charge on any atom is 0.0608 e. The number of ether oxygens (including phenoxy) is 1. The van der Waals surface area contributed by atoms with Crippen molar-refractivity contribution in [3.63, 3.8) is 0 Å². The van der Waals surface area contributed by atoms with Gasteiger partial charge in [0, 0.05) is 26.2 Å². The monoisotopic (exact) mass is 215 g/mol. The SMILES string of the molecule is CC(C)CN1CCC(OCCNN)CC1. The molecule has 1 aliphatic heterocycles. The summed E-state index contributed by atoms with van der Waals surface area (Å²) in [6.07, 6.45) is 2.77. The fourth-order valence-electron chi connectivity index (χ4n) is 2.06. The van der Waals surface area contributed by atoms with E-state index in [1.807, 2.05) is 0 Å². The normalized spacial score (nSPS) is 20.0. The molecule has 0 atom stereocenters. The van der Waals surface area contributed by atoms with Gasteiger partial charge in [0.2, 0.25) is 0 Å². The predicted molar refractivity (Wildman–Crippen MR) is 62.4 cm³/mol. The predicted octanol–water partition coefficient (Wildman–Crippen LogP) is 0.587. The van der Waals surface area contributed by atoms with Gasteiger partial charge in [0.1, 0.15) is 0 Å². The summed E-state index contributed by atoms with van der Waals surface area (Å²) in [5.74, 6) is 5.95. The minimum atomic E-state index is 0.446. The Morgan fingerprint density at radius 2 is 2.07 bits per heavy atom. The Morgan fingerprint density at radius 1 is 1.40 bits per heavy atom. The largest absolute Gasteiger partial charge is 0.377 e. The molecule has 0 aromatic heterocycles. The Bertz CT molecular complexity index is 156. The zero-order valence-electron chi connectivity index (χ0n) is 10.0. The van der Waals surface area contributed by atoms with E-state index in [-0.39, 0.29) is 0 Å². The quantitative estimate of drug-likeness (QED) is 0.387. The first-order valence-corrected chi connectivity index (χ1v) is 5.99. The topological polar surface area (TPSA) is 50.5 Å². The molecular formula is C11H25N3O. The zero-order valence-corrected chi connectivity index (χ0v) is 10.0. The van der Waals surface area contributed by atoms with Crippen LogP contribution in [-0.4, -0.2) is 43.8 Å². The number of nitrogens with zero attached hydrogens (tertiary/aromatic N) is 1. The van der Waals surface area contributed by atoms with Crippen molar-refractivity contribution >= 4 is 0 Å². The van der Waals surface area contributed by atoms with Crippen LogP contribution < -0.4 is 11.3 Å². The highest BCUT2D eigenvalue weighted by molar-refractivity contribution is 4.73. The second-order valence-electron chi connectivity index (χ2n) is 4.72. The standard InChI is InChI=1S/C11H25N3O/c1-10(2)9-14-6-3-11(4-7-14)15-8-5-13-12/h10-11,13H,3-9,12H2,1-2H3. The Kier molecular flexibility index (Phi) is 6.17. The van der Waals surface area contributed by atoms with E-state index in [1.165, 1.54) is 19.6 Å². The van der Waals surface area contributed by atoms with E-state index in [0.717, 1.165) is 31.9 Å². The highest BCUT2D eigenvalue weighted by Crippen LogP contribution is 2.14. The van der Waals surface area contributed by atoms with Crippen LogP contribution >= 0.6 is 0 Å². The molecule has 1 rings (SSSR count). The van der Waals surface area contributed by atoms with Crippen LogP contribution in [0.15, 0.2) is 0 Å². The van der Waals surface area contributed by atoms with Crippen LogP contribution in [0.5, 0.6) is 0 Å². The molecule has 4 heteroatoms. The van der Waals surface area contributed by atoms with Gasteiger partial charge in [-0.3, -0.25) is 11.3 Å². The summed E-state index contributed by atoms with van der Waals surface area (Å²) >= 11 is 0. The maximum atomic E-state index is 5.71. The molecule has 0 unspecified atom stereocenters. The second-order valence-corrected chi connectivity index (χ2v) is 4.72. The molecule has 0 spiro atoms. The molecule has 0 aliphatic carbocycles. The van der Waals surface area contributed by atoms with Crippen molar-refractivity contribution in [2.24, 2.45) is 11.8 Å². The molecule has 0 aromatic rings. The molecule has 0 saturated carbocycles. The number of hydrazine groups is 1. The minimum Gasteiger partial charge on any atom is -0.377 e. The highest BCUT2D eigenvalue weighted by atomic mass is 16.5. The molecule has 1 heterocycles. The third-order valence-electron chi connectivity index (χ3n) is 2.76. The lowest BCUT2D eigenvalue weighted by Crippen LogP contribution is -2.39. The Labute approximate surface area is 93.1 Å². The van der Waals surface area contributed by atoms with Gasteiger partial charge in [0.15, 0.2) is 0 Å². The molecule has 1 aliphatic rings. The van der Waals surface area contributed by atoms with Crippen LogP contribution in [0.3, 0.4) is 0 Å². The van der Waals surface area contributed by atoms with Crippen molar-refractivity contribution in [2.45, 2.75) is 32.8 Å². The Hall–Kier alpha value is -0.160. The number of piperidine rings is 1. The molecule has 4 nitrogen and oxygen atoms in total. The zero-order chi connectivity index (χ0) is 11.1. The van der Waals surface area contributed by atoms with E-state index in [1.54, 1.807) is 0 Å². The summed E-state index contributed by atoms with van der Waals surface area (Å²) in [5.41, 5.74) is 2.61. The maximum absolute atomic E-state index is 5.71. The fraction of sp³-hybridized carbons (Fsp3) is 1.00. The lowest BCUT2D eigenvalue weighted by Gasteiger charge is -2.32. The van der Waals surface area contributed by atoms with Crippen LogP contribution in [-0.2, 0) is 4.74 Å². The molecular weight excluding hydrogens is 190 g/mol. The van der Waals surface area contributed by atoms with Crippen LogP contribution in [0, 0.1) is 5.92 Å². The van der Waals surface area contributed by atoms with Crippen LogP contribution in [0.25, 0.3) is 0 Å². The van der Waals surface area contributed by atoms with Gasteiger partial charge in [0.25, 0.3) is 0 Å². The van der Waals surface area contributed by atoms with Gasteiger partial charge in [-0.1, -0.05) is 13.8 Å². The van der Waals surface area contributed by atoms with Gasteiger partial charge in [-0.2, -0.15) is 0 Å². The average molecular weight is 215 g/mol. The summed E-state index contributed by atoms with van der Waals surface area (Å²) in [7, 11) is 0. The van der Waals surface area contributed by atoms with Crippen molar-refractivity contribution in [3.8, 4) is 0 Å². The number of nitrogens with one attached hydrogen (secondary N) is 1. The first kappa shape index (κ1) is 12.9. The number of hydrogen-bond donors (Lipinski definition) is 2.